The number of halogens is 3. The third kappa shape index (κ3) is 2.98. The van der Waals surface area contributed by atoms with Crippen molar-refractivity contribution in [2.24, 2.45) is 5.84 Å². The SMILES string of the molecule is NNc1nc(Sc2cccc(Br)c2)c(F)cc1F. The Bertz CT molecular complexity index is 580. The topological polar surface area (TPSA) is 50.9 Å². The van der Waals surface area contributed by atoms with E-state index in [1.54, 1.807) is 6.07 Å². The van der Waals surface area contributed by atoms with Crippen molar-refractivity contribution >= 4 is 33.5 Å². The second-order valence-electron chi connectivity index (χ2n) is 3.31. The van der Waals surface area contributed by atoms with Crippen molar-refractivity contribution in [2.45, 2.75) is 9.92 Å². The number of aromatic nitrogens is 1. The molecule has 0 radical (unpaired) electrons. The highest BCUT2D eigenvalue weighted by molar-refractivity contribution is 9.10. The lowest BCUT2D eigenvalue weighted by atomic mass is 10.4. The van der Waals surface area contributed by atoms with Gasteiger partial charge in [-0.2, -0.15) is 0 Å². The monoisotopic (exact) mass is 331 g/mol. The number of nitrogens with zero attached hydrogens (tertiary/aromatic N) is 1. The lowest BCUT2D eigenvalue weighted by Crippen LogP contribution is -2.11. The fourth-order valence-electron chi connectivity index (χ4n) is 1.26. The summed E-state index contributed by atoms with van der Waals surface area (Å²) in [6, 6.07) is 8.03. The molecule has 0 aliphatic carbocycles. The fraction of sp³-hybridized carbons (Fsp3) is 0. The Kier molecular flexibility index (Phi) is 4.15. The van der Waals surface area contributed by atoms with Gasteiger partial charge < -0.3 is 5.43 Å². The molecule has 0 bridgehead atoms. The van der Waals surface area contributed by atoms with Gasteiger partial charge in [-0.25, -0.2) is 19.6 Å². The first kappa shape index (κ1) is 13.3. The number of rotatable bonds is 3. The van der Waals surface area contributed by atoms with Crippen LogP contribution in [-0.2, 0) is 0 Å². The van der Waals surface area contributed by atoms with E-state index in [1.807, 2.05) is 18.2 Å². The van der Waals surface area contributed by atoms with Gasteiger partial charge in [0.15, 0.2) is 17.5 Å². The van der Waals surface area contributed by atoms with Crippen LogP contribution in [0.15, 0.2) is 44.7 Å². The molecule has 0 aliphatic rings. The molecule has 3 N–H and O–H groups in total. The zero-order valence-electron chi connectivity index (χ0n) is 8.95. The maximum Gasteiger partial charge on any atom is 0.177 e. The van der Waals surface area contributed by atoms with Crippen LogP contribution in [0.3, 0.4) is 0 Å². The van der Waals surface area contributed by atoms with Gasteiger partial charge in [-0.05, 0) is 18.2 Å². The summed E-state index contributed by atoms with van der Waals surface area (Å²) in [4.78, 5) is 4.56. The average molecular weight is 332 g/mol. The number of pyridine rings is 1. The molecule has 0 spiro atoms. The molecule has 0 saturated carbocycles. The summed E-state index contributed by atoms with van der Waals surface area (Å²) >= 11 is 4.40. The number of benzene rings is 1. The number of nitrogens with two attached hydrogens (primary N) is 1. The number of hydrogen-bond donors (Lipinski definition) is 2. The van der Waals surface area contributed by atoms with Gasteiger partial charge in [0.25, 0.3) is 0 Å². The van der Waals surface area contributed by atoms with E-state index < -0.39 is 11.6 Å². The van der Waals surface area contributed by atoms with E-state index in [2.05, 4.69) is 26.3 Å². The molecular weight excluding hydrogens is 324 g/mol. The van der Waals surface area contributed by atoms with E-state index in [1.165, 1.54) is 0 Å². The summed E-state index contributed by atoms with van der Waals surface area (Å²) in [6.07, 6.45) is 0. The van der Waals surface area contributed by atoms with Crippen molar-refractivity contribution < 1.29 is 8.78 Å². The van der Waals surface area contributed by atoms with Gasteiger partial charge >= 0.3 is 0 Å². The maximum atomic E-state index is 13.5. The van der Waals surface area contributed by atoms with Gasteiger partial charge in [-0.1, -0.05) is 33.8 Å². The highest BCUT2D eigenvalue weighted by atomic mass is 79.9. The third-order valence-corrected chi connectivity index (χ3v) is 3.51. The molecule has 1 heterocycles. The lowest BCUT2D eigenvalue weighted by Gasteiger charge is -2.06. The zero-order chi connectivity index (χ0) is 13.1. The Hall–Kier alpha value is -1.18. The summed E-state index contributed by atoms with van der Waals surface area (Å²) in [5.41, 5.74) is 2.08. The van der Waals surface area contributed by atoms with E-state index in [-0.39, 0.29) is 10.8 Å². The minimum atomic E-state index is -0.825. The predicted molar refractivity (Wildman–Crippen MR) is 70.2 cm³/mol. The van der Waals surface area contributed by atoms with Crippen molar-refractivity contribution in [3.05, 3.63) is 46.4 Å². The Morgan fingerprint density at radius 2 is 2.00 bits per heavy atom. The van der Waals surface area contributed by atoms with Gasteiger partial charge in [-0.15, -0.1) is 0 Å². The van der Waals surface area contributed by atoms with E-state index >= 15 is 0 Å². The molecule has 18 heavy (non-hydrogen) atoms. The zero-order valence-corrected chi connectivity index (χ0v) is 11.4. The first-order valence-electron chi connectivity index (χ1n) is 4.86. The molecule has 0 fully saturated rings. The number of hydrazine groups is 1. The molecule has 0 aliphatic heterocycles. The minimum absolute atomic E-state index is 0.0578. The smallest absolute Gasteiger partial charge is 0.177 e. The molecule has 1 aromatic heterocycles. The second kappa shape index (κ2) is 5.64. The number of hydrogen-bond acceptors (Lipinski definition) is 4. The van der Waals surface area contributed by atoms with Gasteiger partial charge in [0.2, 0.25) is 0 Å². The Morgan fingerprint density at radius 1 is 1.22 bits per heavy atom. The van der Waals surface area contributed by atoms with Gasteiger partial charge in [-0.3, -0.25) is 0 Å². The van der Waals surface area contributed by atoms with Gasteiger partial charge in [0.1, 0.15) is 5.03 Å². The number of nitrogen functional groups attached to an aromatic ring is 1. The molecule has 0 atom stereocenters. The van der Waals surface area contributed by atoms with Crippen LogP contribution >= 0.6 is 27.7 Å². The van der Waals surface area contributed by atoms with Crippen molar-refractivity contribution in [2.75, 3.05) is 5.43 Å². The quantitative estimate of drug-likeness (QED) is 0.667. The van der Waals surface area contributed by atoms with Crippen molar-refractivity contribution in [1.29, 1.82) is 0 Å². The summed E-state index contributed by atoms with van der Waals surface area (Å²) in [7, 11) is 0. The third-order valence-electron chi connectivity index (χ3n) is 2.04. The number of nitrogens with one attached hydrogen (secondary N) is 1. The summed E-state index contributed by atoms with van der Waals surface area (Å²) in [5.74, 6) is 3.36. The van der Waals surface area contributed by atoms with Crippen LogP contribution in [0.1, 0.15) is 0 Å². The van der Waals surface area contributed by atoms with Crippen LogP contribution < -0.4 is 11.3 Å². The fourth-order valence-corrected chi connectivity index (χ4v) is 2.66. The van der Waals surface area contributed by atoms with Crippen molar-refractivity contribution in [3.63, 3.8) is 0 Å². The van der Waals surface area contributed by atoms with Crippen molar-refractivity contribution in [1.82, 2.24) is 4.98 Å². The largest absolute Gasteiger partial charge is 0.306 e. The molecule has 0 saturated heterocycles. The van der Waals surface area contributed by atoms with Gasteiger partial charge in [0.05, 0.1) is 0 Å². The Morgan fingerprint density at radius 3 is 2.67 bits per heavy atom. The first-order valence-corrected chi connectivity index (χ1v) is 6.47. The number of anilines is 1. The van der Waals surface area contributed by atoms with E-state index in [0.29, 0.717) is 0 Å². The Labute approximate surface area is 115 Å². The van der Waals surface area contributed by atoms with Crippen LogP contribution in [0.5, 0.6) is 0 Å². The van der Waals surface area contributed by atoms with Crippen LogP contribution in [0, 0.1) is 11.6 Å². The van der Waals surface area contributed by atoms with Gasteiger partial charge in [0, 0.05) is 15.4 Å². The lowest BCUT2D eigenvalue weighted by molar-refractivity contribution is 0.551. The average Bonchev–Trinajstić information content (AvgIpc) is 2.33. The highest BCUT2D eigenvalue weighted by Crippen LogP contribution is 2.31. The predicted octanol–water partition coefficient (Wildman–Crippen LogP) is 3.56. The summed E-state index contributed by atoms with van der Waals surface area (Å²) in [6.45, 7) is 0. The molecule has 2 rings (SSSR count). The first-order chi connectivity index (χ1) is 8.60. The van der Waals surface area contributed by atoms with Crippen molar-refractivity contribution in [3.8, 4) is 0 Å². The molecule has 0 amide bonds. The van der Waals surface area contributed by atoms with E-state index in [4.69, 9.17) is 5.84 Å². The Balaban J connectivity index is 2.34. The van der Waals surface area contributed by atoms with Crippen LogP contribution in [0.25, 0.3) is 0 Å². The molecular formula is C11H8BrF2N3S. The standard InChI is InChI=1S/C11H8BrF2N3S/c12-6-2-1-3-7(4-6)18-11-9(14)5-8(13)10(16-11)17-15/h1-5H,15H2,(H,16,17). The maximum absolute atomic E-state index is 13.5. The molecule has 0 unspecified atom stereocenters. The minimum Gasteiger partial charge on any atom is -0.306 e. The summed E-state index contributed by atoms with van der Waals surface area (Å²) in [5, 5.41) is 0.0578. The second-order valence-corrected chi connectivity index (χ2v) is 5.29. The molecule has 3 nitrogen and oxygen atoms in total. The normalized spacial score (nSPS) is 10.4. The van der Waals surface area contributed by atoms with E-state index in [9.17, 15) is 8.78 Å². The molecule has 94 valence electrons. The van der Waals surface area contributed by atoms with Crippen LogP contribution in [-0.4, -0.2) is 4.98 Å². The van der Waals surface area contributed by atoms with Crippen LogP contribution in [0.4, 0.5) is 14.6 Å². The highest BCUT2D eigenvalue weighted by Gasteiger charge is 2.12. The summed E-state index contributed by atoms with van der Waals surface area (Å²) < 4.78 is 27.6. The molecule has 2 aromatic rings. The molecule has 1 aromatic carbocycles. The van der Waals surface area contributed by atoms with E-state index in [0.717, 1.165) is 27.2 Å². The van der Waals surface area contributed by atoms with Crippen LogP contribution in [0.2, 0.25) is 0 Å². The molecule has 7 heteroatoms.